The molecule has 0 bridgehead atoms. The Morgan fingerprint density at radius 2 is 1.78 bits per heavy atom. The van der Waals surface area contributed by atoms with Crippen molar-refractivity contribution in [2.75, 3.05) is 18.0 Å². The van der Waals surface area contributed by atoms with Gasteiger partial charge >= 0.3 is 6.09 Å². The Labute approximate surface area is 227 Å². The Hall–Kier alpha value is -2.61. The molecule has 1 amide bonds. The molecule has 37 heavy (non-hydrogen) atoms. The Balaban J connectivity index is 1.42. The molecule has 9 heteroatoms. The first-order valence-corrected chi connectivity index (χ1v) is 13.4. The molecular formula is C28H32Cl2N4O3. The van der Waals surface area contributed by atoms with E-state index in [4.69, 9.17) is 32.7 Å². The number of hydrogen-bond acceptors (Lipinski definition) is 6. The second-order valence-corrected chi connectivity index (χ2v) is 11.7. The van der Waals surface area contributed by atoms with Crippen LogP contribution in [-0.4, -0.2) is 51.7 Å². The van der Waals surface area contributed by atoms with Crippen molar-refractivity contribution in [1.29, 1.82) is 0 Å². The minimum absolute atomic E-state index is 0.00776. The standard InChI is InChI=1S/C28H32Cl2N4O3/c1-16-14-34(27(35)37-28(3,4)5)17(2)13-33(16)25-20-15-36-23(12-22(20)31-26(30)32-25)19-10-6-8-18-9-7-11-21(29)24(18)19/h6-11,16-17,23H,12-15H2,1-5H3/t16-,17+,23?/m0/s1. The normalized spacial score (nSPS) is 22.2. The topological polar surface area (TPSA) is 67.8 Å². The van der Waals surface area contributed by atoms with Crippen LogP contribution in [0.5, 0.6) is 0 Å². The van der Waals surface area contributed by atoms with Gasteiger partial charge in [0.15, 0.2) is 0 Å². The maximum absolute atomic E-state index is 12.8. The fraction of sp³-hybridized carbons (Fsp3) is 0.464. The smallest absolute Gasteiger partial charge is 0.410 e. The molecule has 2 aliphatic rings. The summed E-state index contributed by atoms with van der Waals surface area (Å²) in [4.78, 5) is 26.0. The van der Waals surface area contributed by atoms with Crippen LogP contribution in [0.1, 0.15) is 57.5 Å². The SMILES string of the molecule is C[C@@H]1CN(c2nc(Cl)nc3c2COC(c2cccc4cccc(Cl)c24)C3)[C@@H](C)CN1C(=O)OC(C)(C)C. The first-order chi connectivity index (χ1) is 17.5. The molecule has 3 atom stereocenters. The number of rotatable bonds is 2. The van der Waals surface area contributed by atoms with Crippen molar-refractivity contribution in [2.45, 2.75) is 71.4 Å². The lowest BCUT2D eigenvalue weighted by Crippen LogP contribution is -2.59. The summed E-state index contributed by atoms with van der Waals surface area (Å²) in [6.45, 7) is 11.2. The quantitative estimate of drug-likeness (QED) is 0.340. The highest BCUT2D eigenvalue weighted by Crippen LogP contribution is 2.39. The Kier molecular flexibility index (Phi) is 6.98. The zero-order chi connectivity index (χ0) is 26.5. The number of aromatic nitrogens is 2. The number of amides is 1. The summed E-state index contributed by atoms with van der Waals surface area (Å²) in [6, 6.07) is 12.0. The third-order valence-electron chi connectivity index (χ3n) is 6.97. The molecule has 1 unspecified atom stereocenters. The van der Waals surface area contributed by atoms with Crippen molar-refractivity contribution in [3.63, 3.8) is 0 Å². The van der Waals surface area contributed by atoms with Gasteiger partial charge in [-0.3, -0.25) is 0 Å². The highest BCUT2D eigenvalue weighted by molar-refractivity contribution is 6.35. The molecule has 1 aromatic heterocycles. The lowest BCUT2D eigenvalue weighted by molar-refractivity contribution is 0.0125. The van der Waals surface area contributed by atoms with E-state index in [1.165, 1.54) is 0 Å². The molecule has 1 saturated heterocycles. The number of carbonyl (C=O) groups is 1. The highest BCUT2D eigenvalue weighted by atomic mass is 35.5. The fourth-order valence-electron chi connectivity index (χ4n) is 5.25. The van der Waals surface area contributed by atoms with Crippen molar-refractivity contribution in [2.24, 2.45) is 0 Å². The molecular weight excluding hydrogens is 511 g/mol. The van der Waals surface area contributed by atoms with Gasteiger partial charge in [0.25, 0.3) is 0 Å². The summed E-state index contributed by atoms with van der Waals surface area (Å²) in [5, 5.41) is 2.99. The van der Waals surface area contributed by atoms with E-state index in [1.54, 1.807) is 4.90 Å². The van der Waals surface area contributed by atoms with E-state index in [9.17, 15) is 4.79 Å². The first-order valence-electron chi connectivity index (χ1n) is 12.6. The molecule has 0 radical (unpaired) electrons. The lowest BCUT2D eigenvalue weighted by Gasteiger charge is -2.45. The van der Waals surface area contributed by atoms with Gasteiger partial charge in [0.05, 0.1) is 18.4 Å². The van der Waals surface area contributed by atoms with Gasteiger partial charge < -0.3 is 19.3 Å². The maximum Gasteiger partial charge on any atom is 0.410 e. The zero-order valence-electron chi connectivity index (χ0n) is 21.8. The molecule has 0 saturated carbocycles. The van der Waals surface area contributed by atoms with E-state index < -0.39 is 5.60 Å². The van der Waals surface area contributed by atoms with Crippen LogP contribution >= 0.6 is 23.2 Å². The zero-order valence-corrected chi connectivity index (χ0v) is 23.3. The number of ether oxygens (including phenoxy) is 2. The van der Waals surface area contributed by atoms with E-state index in [2.05, 4.69) is 40.0 Å². The average molecular weight is 543 g/mol. The predicted molar refractivity (Wildman–Crippen MR) is 146 cm³/mol. The molecule has 7 nitrogen and oxygen atoms in total. The molecule has 0 spiro atoms. The molecule has 1 fully saturated rings. The van der Waals surface area contributed by atoms with Crippen molar-refractivity contribution < 1.29 is 14.3 Å². The number of halogens is 2. The minimum atomic E-state index is -0.543. The average Bonchev–Trinajstić information content (AvgIpc) is 2.83. The molecule has 3 heterocycles. The van der Waals surface area contributed by atoms with Gasteiger partial charge in [-0.25, -0.2) is 14.8 Å². The summed E-state index contributed by atoms with van der Waals surface area (Å²) in [5.41, 5.74) is 2.32. The van der Waals surface area contributed by atoms with E-state index in [-0.39, 0.29) is 29.6 Å². The Morgan fingerprint density at radius 1 is 1.05 bits per heavy atom. The van der Waals surface area contributed by atoms with Gasteiger partial charge in [0.1, 0.15) is 11.4 Å². The predicted octanol–water partition coefficient (Wildman–Crippen LogP) is 6.58. The van der Waals surface area contributed by atoms with Crippen LogP contribution in [0, 0.1) is 0 Å². The Bertz CT molecular complexity index is 1340. The molecule has 3 aromatic rings. The fourth-order valence-corrected chi connectivity index (χ4v) is 5.72. The van der Waals surface area contributed by atoms with Crippen LogP contribution in [-0.2, 0) is 22.5 Å². The van der Waals surface area contributed by atoms with Crippen LogP contribution in [0.25, 0.3) is 10.8 Å². The van der Waals surface area contributed by atoms with Crippen LogP contribution in [0.2, 0.25) is 10.3 Å². The summed E-state index contributed by atoms with van der Waals surface area (Å²) < 4.78 is 12.0. The van der Waals surface area contributed by atoms with Crippen molar-refractivity contribution in [3.05, 3.63) is 63.5 Å². The van der Waals surface area contributed by atoms with Crippen molar-refractivity contribution >= 4 is 45.9 Å². The molecule has 196 valence electrons. The number of nitrogens with zero attached hydrogens (tertiary/aromatic N) is 4. The van der Waals surface area contributed by atoms with Crippen molar-refractivity contribution in [3.8, 4) is 0 Å². The molecule has 2 aromatic carbocycles. The largest absolute Gasteiger partial charge is 0.444 e. The molecule has 5 rings (SSSR count). The van der Waals surface area contributed by atoms with Gasteiger partial charge in [-0.2, -0.15) is 0 Å². The van der Waals surface area contributed by atoms with Crippen LogP contribution in [0.3, 0.4) is 0 Å². The van der Waals surface area contributed by atoms with E-state index in [0.29, 0.717) is 31.1 Å². The van der Waals surface area contributed by atoms with E-state index in [0.717, 1.165) is 33.4 Å². The third kappa shape index (κ3) is 5.22. The highest BCUT2D eigenvalue weighted by Gasteiger charge is 2.37. The third-order valence-corrected chi connectivity index (χ3v) is 7.45. The second kappa shape index (κ2) is 9.93. The summed E-state index contributed by atoms with van der Waals surface area (Å²) in [7, 11) is 0. The van der Waals surface area contributed by atoms with Crippen LogP contribution in [0.4, 0.5) is 10.6 Å². The number of benzene rings is 2. The number of fused-ring (bicyclic) bond motifs is 2. The molecule has 0 aliphatic carbocycles. The van der Waals surface area contributed by atoms with Crippen molar-refractivity contribution in [1.82, 2.24) is 14.9 Å². The van der Waals surface area contributed by atoms with E-state index >= 15 is 0 Å². The maximum atomic E-state index is 12.8. The van der Waals surface area contributed by atoms with Gasteiger partial charge in [-0.05, 0) is 63.2 Å². The minimum Gasteiger partial charge on any atom is -0.444 e. The first kappa shape index (κ1) is 26.0. The van der Waals surface area contributed by atoms with Gasteiger partial charge in [-0.15, -0.1) is 0 Å². The lowest BCUT2D eigenvalue weighted by atomic mass is 9.94. The van der Waals surface area contributed by atoms with E-state index in [1.807, 2.05) is 45.9 Å². The van der Waals surface area contributed by atoms with Crippen LogP contribution in [0.15, 0.2) is 36.4 Å². The number of piperazine rings is 1. The van der Waals surface area contributed by atoms with Gasteiger partial charge in [0, 0.05) is 47.6 Å². The number of carbonyl (C=O) groups excluding carboxylic acids is 1. The Morgan fingerprint density at radius 3 is 2.51 bits per heavy atom. The summed E-state index contributed by atoms with van der Waals surface area (Å²) >= 11 is 13.0. The van der Waals surface area contributed by atoms with Gasteiger partial charge in [-0.1, -0.05) is 41.9 Å². The summed E-state index contributed by atoms with van der Waals surface area (Å²) in [5.74, 6) is 0.771. The van der Waals surface area contributed by atoms with Gasteiger partial charge in [0.2, 0.25) is 5.28 Å². The molecule has 2 aliphatic heterocycles. The number of anilines is 1. The molecule has 0 N–H and O–H groups in total. The summed E-state index contributed by atoms with van der Waals surface area (Å²) in [6.07, 6.45) is 0.0703. The number of hydrogen-bond donors (Lipinski definition) is 0. The monoisotopic (exact) mass is 542 g/mol. The van der Waals surface area contributed by atoms with Crippen LogP contribution < -0.4 is 4.90 Å². The second-order valence-electron chi connectivity index (χ2n) is 10.9.